The summed E-state index contributed by atoms with van der Waals surface area (Å²) in [6, 6.07) is 7.91. The molecule has 0 aliphatic carbocycles. The highest BCUT2D eigenvalue weighted by Gasteiger charge is 2.52. The van der Waals surface area contributed by atoms with Crippen LogP contribution in [0.5, 0.6) is 0 Å². The van der Waals surface area contributed by atoms with Gasteiger partial charge < -0.3 is 24.5 Å². The molecule has 1 heterocycles. The molecule has 0 radical (unpaired) electrons. The first-order valence-electron chi connectivity index (χ1n) is 8.21. The van der Waals surface area contributed by atoms with E-state index in [1.807, 2.05) is 52.0 Å². The Balaban J connectivity index is 1.93. The van der Waals surface area contributed by atoms with Crippen molar-refractivity contribution in [3.63, 3.8) is 0 Å². The van der Waals surface area contributed by atoms with Crippen molar-refractivity contribution in [3.8, 4) is 0 Å². The van der Waals surface area contributed by atoms with Crippen LogP contribution in [0.4, 0.5) is 4.79 Å². The van der Waals surface area contributed by atoms with Crippen LogP contribution in [0.3, 0.4) is 0 Å². The summed E-state index contributed by atoms with van der Waals surface area (Å²) < 4.78 is 17.9. The SMILES string of the molecule is CC1(C)OB(c2ccccc2COCCCNC(=O)O)OC1(C)C. The molecule has 24 heavy (non-hydrogen) atoms. The normalized spacial score (nSPS) is 18.6. The molecule has 6 nitrogen and oxygen atoms in total. The van der Waals surface area contributed by atoms with Crippen LogP contribution in [-0.2, 0) is 20.7 Å². The highest BCUT2D eigenvalue weighted by atomic mass is 16.7. The van der Waals surface area contributed by atoms with E-state index in [-0.39, 0.29) is 11.2 Å². The highest BCUT2D eigenvalue weighted by Crippen LogP contribution is 2.36. The van der Waals surface area contributed by atoms with Gasteiger partial charge in [0.2, 0.25) is 0 Å². The molecule has 132 valence electrons. The maximum Gasteiger partial charge on any atom is 0.495 e. The fourth-order valence-corrected chi connectivity index (χ4v) is 2.42. The second-order valence-corrected chi connectivity index (χ2v) is 6.93. The lowest BCUT2D eigenvalue weighted by atomic mass is 9.76. The van der Waals surface area contributed by atoms with Gasteiger partial charge in [0.25, 0.3) is 0 Å². The summed E-state index contributed by atoms with van der Waals surface area (Å²) in [6.45, 7) is 9.42. The van der Waals surface area contributed by atoms with Crippen molar-refractivity contribution >= 4 is 18.7 Å². The van der Waals surface area contributed by atoms with Crippen LogP contribution >= 0.6 is 0 Å². The van der Waals surface area contributed by atoms with Crippen LogP contribution in [0.1, 0.15) is 39.7 Å². The van der Waals surface area contributed by atoms with Crippen molar-refractivity contribution in [3.05, 3.63) is 29.8 Å². The maximum absolute atomic E-state index is 10.4. The van der Waals surface area contributed by atoms with Gasteiger partial charge in [-0.3, -0.25) is 0 Å². The number of hydrogen-bond donors (Lipinski definition) is 2. The lowest BCUT2D eigenvalue weighted by Crippen LogP contribution is -2.41. The second-order valence-electron chi connectivity index (χ2n) is 6.93. The molecule has 1 aromatic rings. The van der Waals surface area contributed by atoms with Gasteiger partial charge in [-0.1, -0.05) is 24.3 Å². The van der Waals surface area contributed by atoms with Crippen molar-refractivity contribution in [2.24, 2.45) is 0 Å². The molecule has 1 amide bonds. The number of benzene rings is 1. The van der Waals surface area contributed by atoms with Crippen LogP contribution < -0.4 is 10.8 Å². The van der Waals surface area contributed by atoms with Crippen LogP contribution in [0, 0.1) is 0 Å². The van der Waals surface area contributed by atoms with Gasteiger partial charge in [0.15, 0.2) is 0 Å². The van der Waals surface area contributed by atoms with Crippen molar-refractivity contribution in [2.75, 3.05) is 13.2 Å². The first kappa shape index (κ1) is 18.8. The number of carbonyl (C=O) groups is 1. The van der Waals surface area contributed by atoms with Crippen LogP contribution in [0.25, 0.3) is 0 Å². The smallest absolute Gasteiger partial charge is 0.465 e. The van der Waals surface area contributed by atoms with E-state index >= 15 is 0 Å². The molecule has 0 saturated carbocycles. The van der Waals surface area contributed by atoms with Gasteiger partial charge in [0, 0.05) is 13.2 Å². The molecular formula is C17H26BNO5. The average Bonchev–Trinajstić information content (AvgIpc) is 2.71. The molecule has 0 spiro atoms. The van der Waals surface area contributed by atoms with E-state index in [9.17, 15) is 4.79 Å². The fraction of sp³-hybridized carbons (Fsp3) is 0.588. The largest absolute Gasteiger partial charge is 0.495 e. The average molecular weight is 335 g/mol. The Morgan fingerprint density at radius 3 is 2.46 bits per heavy atom. The van der Waals surface area contributed by atoms with Crippen molar-refractivity contribution in [1.29, 1.82) is 0 Å². The number of rotatable bonds is 7. The zero-order chi connectivity index (χ0) is 17.8. The predicted molar refractivity (Wildman–Crippen MR) is 92.5 cm³/mol. The summed E-state index contributed by atoms with van der Waals surface area (Å²) in [4.78, 5) is 10.4. The third kappa shape index (κ3) is 4.50. The van der Waals surface area contributed by atoms with E-state index < -0.39 is 13.2 Å². The number of amides is 1. The molecular weight excluding hydrogens is 309 g/mol. The molecule has 1 aromatic carbocycles. The molecule has 0 bridgehead atoms. The van der Waals surface area contributed by atoms with Gasteiger partial charge in [0.05, 0.1) is 17.8 Å². The Morgan fingerprint density at radius 1 is 1.21 bits per heavy atom. The first-order chi connectivity index (χ1) is 11.2. The van der Waals surface area contributed by atoms with Gasteiger partial charge in [0.1, 0.15) is 0 Å². The number of hydrogen-bond acceptors (Lipinski definition) is 4. The zero-order valence-corrected chi connectivity index (χ0v) is 14.8. The number of carboxylic acid groups (broad SMARTS) is 1. The van der Waals surface area contributed by atoms with Crippen molar-refractivity contribution in [2.45, 2.75) is 51.9 Å². The van der Waals surface area contributed by atoms with E-state index in [2.05, 4.69) is 5.32 Å². The Labute approximate surface area is 143 Å². The van der Waals surface area contributed by atoms with Crippen molar-refractivity contribution in [1.82, 2.24) is 5.32 Å². The molecule has 0 unspecified atom stereocenters. The van der Waals surface area contributed by atoms with Crippen LogP contribution in [0.15, 0.2) is 24.3 Å². The Kier molecular flexibility index (Phi) is 5.90. The van der Waals surface area contributed by atoms with E-state index in [1.54, 1.807) is 0 Å². The summed E-state index contributed by atoms with van der Waals surface area (Å²) in [5.41, 5.74) is 1.23. The lowest BCUT2D eigenvalue weighted by molar-refractivity contribution is 0.00578. The molecule has 2 rings (SSSR count). The summed E-state index contributed by atoms with van der Waals surface area (Å²) in [5.74, 6) is 0. The Bertz CT molecular complexity index is 560. The van der Waals surface area contributed by atoms with Gasteiger partial charge >= 0.3 is 13.2 Å². The highest BCUT2D eigenvalue weighted by molar-refractivity contribution is 6.62. The minimum atomic E-state index is -1.01. The first-order valence-corrected chi connectivity index (χ1v) is 8.21. The van der Waals surface area contributed by atoms with Gasteiger partial charge in [-0.2, -0.15) is 0 Å². The summed E-state index contributed by atoms with van der Waals surface area (Å²) in [6.07, 6.45) is -0.383. The van der Waals surface area contributed by atoms with Gasteiger partial charge in [-0.15, -0.1) is 0 Å². The van der Waals surface area contributed by atoms with Crippen LogP contribution in [-0.4, -0.2) is 42.7 Å². The van der Waals surface area contributed by atoms with E-state index in [0.29, 0.717) is 26.2 Å². The van der Waals surface area contributed by atoms with Crippen molar-refractivity contribution < 1.29 is 23.9 Å². The van der Waals surface area contributed by atoms with E-state index in [1.165, 1.54) is 0 Å². The molecule has 1 aliphatic rings. The third-order valence-corrected chi connectivity index (χ3v) is 4.56. The minimum Gasteiger partial charge on any atom is -0.465 e. The Hall–Kier alpha value is -1.57. The molecule has 1 aliphatic heterocycles. The molecule has 1 fully saturated rings. The molecule has 0 atom stereocenters. The molecule has 1 saturated heterocycles. The maximum atomic E-state index is 10.4. The summed E-state index contributed by atoms with van der Waals surface area (Å²) >= 11 is 0. The number of ether oxygens (including phenoxy) is 1. The summed E-state index contributed by atoms with van der Waals surface area (Å²) in [7, 11) is -0.413. The molecule has 0 aromatic heterocycles. The zero-order valence-electron chi connectivity index (χ0n) is 14.8. The molecule has 2 N–H and O–H groups in total. The standard InChI is InChI=1S/C17H26BNO5/c1-16(2)17(3,4)24-18(23-16)14-9-6-5-8-13(14)12-22-11-7-10-19-15(20)21/h5-6,8-9,19H,7,10-12H2,1-4H3,(H,20,21). The topological polar surface area (TPSA) is 77.0 Å². The fourth-order valence-electron chi connectivity index (χ4n) is 2.42. The molecule has 7 heteroatoms. The minimum absolute atomic E-state index is 0.381. The van der Waals surface area contributed by atoms with Gasteiger partial charge in [-0.05, 0) is 45.1 Å². The lowest BCUT2D eigenvalue weighted by Gasteiger charge is -2.32. The summed E-state index contributed by atoms with van der Waals surface area (Å²) in [5, 5.41) is 10.8. The Morgan fingerprint density at radius 2 is 1.83 bits per heavy atom. The monoisotopic (exact) mass is 335 g/mol. The van der Waals surface area contributed by atoms with E-state index in [4.69, 9.17) is 19.2 Å². The van der Waals surface area contributed by atoms with E-state index in [0.717, 1.165) is 11.0 Å². The second kappa shape index (κ2) is 7.55. The quantitative estimate of drug-likeness (QED) is 0.590. The predicted octanol–water partition coefficient (Wildman–Crippen LogP) is 2.16. The van der Waals surface area contributed by atoms with Crippen LogP contribution in [0.2, 0.25) is 0 Å². The third-order valence-electron chi connectivity index (χ3n) is 4.56. The van der Waals surface area contributed by atoms with Gasteiger partial charge in [-0.25, -0.2) is 4.79 Å². The number of nitrogens with one attached hydrogen (secondary N) is 1.